The van der Waals surface area contributed by atoms with Crippen LogP contribution in [0.25, 0.3) is 0 Å². The highest BCUT2D eigenvalue weighted by Gasteiger charge is 2.38. The van der Waals surface area contributed by atoms with Crippen LogP contribution in [0.3, 0.4) is 0 Å². The van der Waals surface area contributed by atoms with E-state index in [2.05, 4.69) is 15.6 Å². The zero-order valence-corrected chi connectivity index (χ0v) is 21.0. The van der Waals surface area contributed by atoms with E-state index in [1.54, 1.807) is 48.8 Å². The number of amides is 2. The number of rotatable bonds is 9. The number of nitrogens with zero attached hydrogens (tertiary/aromatic N) is 2. The number of pyridine rings is 1. The molecule has 10 heteroatoms. The lowest BCUT2D eigenvalue weighted by Gasteiger charge is -2.34. The van der Waals surface area contributed by atoms with Gasteiger partial charge in [-0.25, -0.2) is 12.8 Å². The Labute approximate surface area is 216 Å². The molecule has 0 aliphatic carbocycles. The predicted octanol–water partition coefficient (Wildman–Crippen LogP) is 3.08. The maximum absolute atomic E-state index is 13.6. The number of piperidine rings is 1. The van der Waals surface area contributed by atoms with Crippen molar-refractivity contribution in [1.29, 1.82) is 0 Å². The average molecular weight is 525 g/mol. The zero-order chi connectivity index (χ0) is 26.3. The fraction of sp³-hybridized carbons (Fsp3) is 0.296. The number of sulfonamides is 1. The third kappa shape index (κ3) is 6.99. The Morgan fingerprint density at radius 1 is 1.00 bits per heavy atom. The van der Waals surface area contributed by atoms with Gasteiger partial charge in [-0.2, -0.15) is 4.31 Å². The van der Waals surface area contributed by atoms with E-state index in [1.807, 2.05) is 6.07 Å². The molecular formula is C27H29FN4O4S. The minimum atomic E-state index is -3.79. The standard InChI is InChI=1S/C27H29FN4O4S/c28-23-13-11-22(12-14-23)25(27(34)30-18-21-9-6-15-29-17-21)31-26(33)24-10-4-5-16-32(24)37(35,36)19-20-7-2-1-3-8-20/h1-3,6-9,11-15,17,24-25H,4-5,10,16,18-19H2,(H,30,34)(H,31,33)/t24-,25-/m0/s1. The second-order valence-corrected chi connectivity index (χ2v) is 10.9. The molecule has 37 heavy (non-hydrogen) atoms. The lowest BCUT2D eigenvalue weighted by atomic mass is 10.0. The van der Waals surface area contributed by atoms with Crippen LogP contribution in [0.5, 0.6) is 0 Å². The van der Waals surface area contributed by atoms with Gasteiger partial charge in [-0.15, -0.1) is 0 Å². The summed E-state index contributed by atoms with van der Waals surface area (Å²) < 4.78 is 41.4. The molecule has 8 nitrogen and oxygen atoms in total. The van der Waals surface area contributed by atoms with Gasteiger partial charge < -0.3 is 10.6 Å². The van der Waals surface area contributed by atoms with Crippen LogP contribution < -0.4 is 10.6 Å². The van der Waals surface area contributed by atoms with E-state index in [9.17, 15) is 22.4 Å². The highest BCUT2D eigenvalue weighted by molar-refractivity contribution is 7.88. The topological polar surface area (TPSA) is 108 Å². The summed E-state index contributed by atoms with van der Waals surface area (Å²) in [7, 11) is -3.79. The Hall–Kier alpha value is -3.63. The Morgan fingerprint density at radius 2 is 1.73 bits per heavy atom. The van der Waals surface area contributed by atoms with Crippen molar-refractivity contribution >= 4 is 21.8 Å². The third-order valence-electron chi connectivity index (χ3n) is 6.25. The molecule has 1 aliphatic heterocycles. The zero-order valence-electron chi connectivity index (χ0n) is 20.2. The van der Waals surface area contributed by atoms with Crippen LogP contribution in [-0.4, -0.2) is 42.1 Å². The molecular weight excluding hydrogens is 495 g/mol. The van der Waals surface area contributed by atoms with Crippen LogP contribution in [0.4, 0.5) is 4.39 Å². The Kier molecular flexibility index (Phi) is 8.62. The maximum Gasteiger partial charge on any atom is 0.247 e. The molecule has 0 unspecified atom stereocenters. The average Bonchev–Trinajstić information content (AvgIpc) is 2.92. The highest BCUT2D eigenvalue weighted by Crippen LogP contribution is 2.24. The molecule has 1 saturated heterocycles. The van der Waals surface area contributed by atoms with Gasteiger partial charge in [0.2, 0.25) is 21.8 Å². The van der Waals surface area contributed by atoms with E-state index in [-0.39, 0.29) is 18.8 Å². The number of benzene rings is 2. The van der Waals surface area contributed by atoms with Gasteiger partial charge in [0, 0.05) is 25.5 Å². The number of aromatic nitrogens is 1. The summed E-state index contributed by atoms with van der Waals surface area (Å²) in [5.74, 6) is -1.76. The summed E-state index contributed by atoms with van der Waals surface area (Å²) >= 11 is 0. The molecule has 2 N–H and O–H groups in total. The van der Waals surface area contributed by atoms with Crippen LogP contribution in [0.1, 0.15) is 42.0 Å². The van der Waals surface area contributed by atoms with Crippen molar-refractivity contribution in [2.75, 3.05) is 6.54 Å². The molecule has 0 bridgehead atoms. The number of nitrogens with one attached hydrogen (secondary N) is 2. The summed E-state index contributed by atoms with van der Waals surface area (Å²) in [5, 5.41) is 5.50. The lowest BCUT2D eigenvalue weighted by Crippen LogP contribution is -2.54. The van der Waals surface area contributed by atoms with Crippen molar-refractivity contribution in [3.8, 4) is 0 Å². The quantitative estimate of drug-likeness (QED) is 0.447. The molecule has 194 valence electrons. The van der Waals surface area contributed by atoms with Gasteiger partial charge in [0.25, 0.3) is 0 Å². The fourth-order valence-electron chi connectivity index (χ4n) is 4.36. The van der Waals surface area contributed by atoms with Crippen LogP contribution in [-0.2, 0) is 31.9 Å². The number of halogens is 1. The van der Waals surface area contributed by atoms with Crippen molar-refractivity contribution in [2.45, 2.75) is 43.6 Å². The number of hydrogen-bond donors (Lipinski definition) is 2. The molecule has 2 atom stereocenters. The molecule has 2 amide bonds. The van der Waals surface area contributed by atoms with Crippen LogP contribution in [0.2, 0.25) is 0 Å². The normalized spacial score (nSPS) is 17.1. The van der Waals surface area contributed by atoms with Gasteiger partial charge in [-0.1, -0.05) is 55.0 Å². The van der Waals surface area contributed by atoms with E-state index >= 15 is 0 Å². The molecule has 0 radical (unpaired) electrons. The number of carbonyl (C=O) groups excluding carboxylic acids is 2. The number of hydrogen-bond acceptors (Lipinski definition) is 5. The second kappa shape index (κ2) is 12.1. The molecule has 1 fully saturated rings. The highest BCUT2D eigenvalue weighted by atomic mass is 32.2. The predicted molar refractivity (Wildman–Crippen MR) is 137 cm³/mol. The molecule has 4 rings (SSSR count). The first kappa shape index (κ1) is 26.4. The number of carbonyl (C=O) groups is 2. The Bertz CT molecular complexity index is 1310. The fourth-order valence-corrected chi connectivity index (χ4v) is 6.13. The van der Waals surface area contributed by atoms with Crippen LogP contribution in [0.15, 0.2) is 79.1 Å². The van der Waals surface area contributed by atoms with E-state index in [0.29, 0.717) is 30.4 Å². The van der Waals surface area contributed by atoms with Crippen molar-refractivity contribution in [3.63, 3.8) is 0 Å². The summed E-state index contributed by atoms with van der Waals surface area (Å²) in [6.45, 7) is 0.406. The molecule has 1 aromatic heterocycles. The summed E-state index contributed by atoms with van der Waals surface area (Å²) in [6.07, 6.45) is 4.90. The van der Waals surface area contributed by atoms with Gasteiger partial charge in [0.05, 0.1) is 5.75 Å². The van der Waals surface area contributed by atoms with Gasteiger partial charge >= 0.3 is 0 Å². The first-order valence-electron chi connectivity index (χ1n) is 12.1. The van der Waals surface area contributed by atoms with E-state index in [1.165, 1.54) is 28.6 Å². The maximum atomic E-state index is 13.6. The second-order valence-electron chi connectivity index (χ2n) is 8.94. The van der Waals surface area contributed by atoms with Crippen LogP contribution in [0, 0.1) is 5.82 Å². The minimum absolute atomic E-state index is 0.182. The summed E-state index contributed by atoms with van der Waals surface area (Å²) in [5.41, 5.74) is 1.78. The van der Waals surface area contributed by atoms with Crippen molar-refractivity contribution < 1.29 is 22.4 Å². The van der Waals surface area contributed by atoms with E-state index < -0.39 is 39.7 Å². The SMILES string of the molecule is O=C(NCc1cccnc1)[C@@H](NC(=O)[C@@H]1CCCCN1S(=O)(=O)Cc1ccccc1)c1ccc(F)cc1. The molecule has 3 aromatic rings. The largest absolute Gasteiger partial charge is 0.350 e. The first-order chi connectivity index (χ1) is 17.8. The molecule has 0 spiro atoms. The molecule has 2 heterocycles. The molecule has 0 saturated carbocycles. The van der Waals surface area contributed by atoms with Gasteiger partial charge in [0.15, 0.2) is 0 Å². The Morgan fingerprint density at radius 3 is 2.43 bits per heavy atom. The Balaban J connectivity index is 1.53. The van der Waals surface area contributed by atoms with Crippen molar-refractivity contribution in [2.24, 2.45) is 0 Å². The van der Waals surface area contributed by atoms with Gasteiger partial charge in [-0.3, -0.25) is 14.6 Å². The minimum Gasteiger partial charge on any atom is -0.350 e. The van der Waals surface area contributed by atoms with Crippen LogP contribution >= 0.6 is 0 Å². The smallest absolute Gasteiger partial charge is 0.247 e. The molecule has 1 aliphatic rings. The first-order valence-corrected chi connectivity index (χ1v) is 13.7. The molecule has 2 aromatic carbocycles. The van der Waals surface area contributed by atoms with Gasteiger partial charge in [0.1, 0.15) is 17.9 Å². The van der Waals surface area contributed by atoms with Crippen molar-refractivity contribution in [1.82, 2.24) is 19.9 Å². The lowest BCUT2D eigenvalue weighted by molar-refractivity contribution is -0.131. The van der Waals surface area contributed by atoms with E-state index in [4.69, 9.17) is 0 Å². The summed E-state index contributed by atoms with van der Waals surface area (Å²) in [4.78, 5) is 30.6. The van der Waals surface area contributed by atoms with E-state index in [0.717, 1.165) is 5.56 Å². The summed E-state index contributed by atoms with van der Waals surface area (Å²) in [6, 6.07) is 15.5. The monoisotopic (exact) mass is 524 g/mol. The third-order valence-corrected chi connectivity index (χ3v) is 8.10. The van der Waals surface area contributed by atoms with Crippen molar-refractivity contribution in [3.05, 3.63) is 102 Å². The van der Waals surface area contributed by atoms with Gasteiger partial charge in [-0.05, 0) is 47.7 Å².